The summed E-state index contributed by atoms with van der Waals surface area (Å²) in [4.78, 5) is 41.8. The molecule has 1 atom stereocenters. The van der Waals surface area contributed by atoms with Gasteiger partial charge in [0.2, 0.25) is 11.6 Å². The van der Waals surface area contributed by atoms with E-state index in [0.29, 0.717) is 17.7 Å². The molecule has 1 saturated heterocycles. The van der Waals surface area contributed by atoms with Crippen molar-refractivity contribution in [2.45, 2.75) is 51.2 Å². The zero-order chi connectivity index (χ0) is 18.9. The number of carbonyl (C=O) groups is 3. The second kappa shape index (κ2) is 6.79. The number of carbonyl (C=O) groups excluding carboxylic acids is 3. The number of fused-ring (bicyclic) bond motifs is 3. The number of nitriles is 1. The van der Waals surface area contributed by atoms with Gasteiger partial charge in [0.05, 0.1) is 23.9 Å². The summed E-state index contributed by atoms with van der Waals surface area (Å²) in [5.41, 5.74) is -0.598. The molecule has 0 spiro atoms. The highest BCUT2D eigenvalue weighted by molar-refractivity contribution is 6.15. The lowest BCUT2D eigenvalue weighted by Crippen LogP contribution is -2.70. The summed E-state index contributed by atoms with van der Waals surface area (Å²) in [6.07, 6.45) is 1.05. The van der Waals surface area contributed by atoms with Crippen LogP contribution in [0.1, 0.15) is 49.9 Å². The number of hydrogen-bond donors (Lipinski definition) is 0. The first-order valence-electron chi connectivity index (χ1n) is 8.75. The van der Waals surface area contributed by atoms with Gasteiger partial charge in [0, 0.05) is 25.3 Å². The van der Waals surface area contributed by atoms with Crippen LogP contribution < -0.4 is 4.90 Å². The van der Waals surface area contributed by atoms with Crippen molar-refractivity contribution in [2.24, 2.45) is 0 Å². The van der Waals surface area contributed by atoms with E-state index in [1.54, 1.807) is 24.3 Å². The number of hydrogen-bond acceptors (Lipinski definition) is 5. The Morgan fingerprint density at radius 2 is 2.08 bits per heavy atom. The zero-order valence-corrected chi connectivity index (χ0v) is 14.9. The van der Waals surface area contributed by atoms with Gasteiger partial charge < -0.3 is 9.64 Å². The molecule has 0 radical (unpaired) electrons. The standard InChI is InChI=1S/C19H21N3O4/c1-13(2)21-17(24)14-7-3-4-8-15(14)22-16(23)9-10-19(21,22)18(25)26-12-6-5-11-20/h3-4,7-8,13H,5-6,9-10,12H2,1-2H3. The third kappa shape index (κ3) is 2.53. The third-order valence-corrected chi connectivity index (χ3v) is 4.81. The molecule has 0 aliphatic carbocycles. The van der Waals surface area contributed by atoms with Crippen LogP contribution in [0.2, 0.25) is 0 Å². The van der Waals surface area contributed by atoms with Crippen LogP contribution in [-0.2, 0) is 14.3 Å². The summed E-state index contributed by atoms with van der Waals surface area (Å²) in [6.45, 7) is 3.72. The number of unbranched alkanes of at least 4 members (excludes halogenated alkanes) is 1. The first kappa shape index (κ1) is 17.9. The van der Waals surface area contributed by atoms with Gasteiger partial charge in [0.15, 0.2) is 0 Å². The summed E-state index contributed by atoms with van der Waals surface area (Å²) in [5.74, 6) is -1.10. The van der Waals surface area contributed by atoms with Gasteiger partial charge >= 0.3 is 5.97 Å². The number of nitrogens with zero attached hydrogens (tertiary/aromatic N) is 3. The zero-order valence-electron chi connectivity index (χ0n) is 14.9. The average molecular weight is 355 g/mol. The number of ether oxygens (including phenoxy) is 1. The SMILES string of the molecule is CC(C)N1C(=O)c2ccccc2N2C(=O)CCC21C(=O)OCCCC#N. The van der Waals surface area contributed by atoms with Crippen molar-refractivity contribution in [3.63, 3.8) is 0 Å². The van der Waals surface area contributed by atoms with Crippen molar-refractivity contribution in [3.05, 3.63) is 29.8 Å². The number of benzene rings is 1. The Labute approximate surface area is 152 Å². The van der Waals surface area contributed by atoms with E-state index >= 15 is 0 Å². The van der Waals surface area contributed by atoms with Crippen molar-refractivity contribution < 1.29 is 19.1 Å². The van der Waals surface area contributed by atoms with Crippen molar-refractivity contribution in [3.8, 4) is 6.07 Å². The highest BCUT2D eigenvalue weighted by Gasteiger charge is 2.62. The molecular weight excluding hydrogens is 334 g/mol. The van der Waals surface area contributed by atoms with Gasteiger partial charge in [-0.2, -0.15) is 5.26 Å². The highest BCUT2D eigenvalue weighted by atomic mass is 16.5. The summed E-state index contributed by atoms with van der Waals surface area (Å²) >= 11 is 0. The molecular formula is C19H21N3O4. The topological polar surface area (TPSA) is 90.7 Å². The molecule has 1 aromatic carbocycles. The molecule has 0 aromatic heterocycles. The molecule has 0 saturated carbocycles. The Kier molecular flexibility index (Phi) is 4.68. The molecule has 1 unspecified atom stereocenters. The molecule has 2 aliphatic heterocycles. The average Bonchev–Trinajstić information content (AvgIpc) is 2.97. The van der Waals surface area contributed by atoms with Crippen LogP contribution in [0.15, 0.2) is 24.3 Å². The first-order chi connectivity index (χ1) is 12.4. The molecule has 0 bridgehead atoms. The lowest BCUT2D eigenvalue weighted by molar-refractivity contribution is -0.158. The minimum absolute atomic E-state index is 0.0813. The Morgan fingerprint density at radius 3 is 2.77 bits per heavy atom. The van der Waals surface area contributed by atoms with E-state index in [-0.39, 0.29) is 43.7 Å². The maximum atomic E-state index is 13.1. The molecule has 1 aromatic rings. The minimum Gasteiger partial charge on any atom is -0.462 e. The minimum atomic E-state index is -1.46. The monoisotopic (exact) mass is 355 g/mol. The van der Waals surface area contributed by atoms with E-state index in [1.807, 2.05) is 19.9 Å². The summed E-state index contributed by atoms with van der Waals surface area (Å²) < 4.78 is 5.40. The summed E-state index contributed by atoms with van der Waals surface area (Å²) in [6, 6.07) is 8.54. The van der Waals surface area contributed by atoms with E-state index in [2.05, 4.69) is 0 Å². The number of rotatable bonds is 5. The van der Waals surface area contributed by atoms with E-state index in [4.69, 9.17) is 10.00 Å². The highest BCUT2D eigenvalue weighted by Crippen LogP contribution is 2.45. The number of para-hydroxylation sites is 1. The van der Waals surface area contributed by atoms with Gasteiger partial charge in [-0.1, -0.05) is 12.1 Å². The van der Waals surface area contributed by atoms with Crippen molar-refractivity contribution in [1.82, 2.24) is 4.90 Å². The van der Waals surface area contributed by atoms with E-state index in [1.165, 1.54) is 9.80 Å². The van der Waals surface area contributed by atoms with Crippen LogP contribution in [0.5, 0.6) is 0 Å². The fraction of sp³-hybridized carbons (Fsp3) is 0.474. The molecule has 2 aliphatic rings. The molecule has 7 nitrogen and oxygen atoms in total. The second-order valence-corrected chi connectivity index (χ2v) is 6.73. The van der Waals surface area contributed by atoms with Gasteiger partial charge in [-0.05, 0) is 32.4 Å². The Bertz CT molecular complexity index is 798. The number of anilines is 1. The van der Waals surface area contributed by atoms with Crippen LogP contribution in [0, 0.1) is 11.3 Å². The predicted molar refractivity (Wildman–Crippen MR) is 93.0 cm³/mol. The first-order valence-corrected chi connectivity index (χ1v) is 8.75. The maximum absolute atomic E-state index is 13.1. The summed E-state index contributed by atoms with van der Waals surface area (Å²) in [7, 11) is 0. The Balaban J connectivity index is 2.07. The second-order valence-electron chi connectivity index (χ2n) is 6.73. The van der Waals surface area contributed by atoms with Gasteiger partial charge in [0.1, 0.15) is 0 Å². The van der Waals surface area contributed by atoms with E-state index in [9.17, 15) is 14.4 Å². The molecule has 0 N–H and O–H groups in total. The number of amides is 2. The smallest absolute Gasteiger partial charge is 0.353 e. The van der Waals surface area contributed by atoms with E-state index in [0.717, 1.165) is 0 Å². The van der Waals surface area contributed by atoms with Gasteiger partial charge in [-0.15, -0.1) is 0 Å². The van der Waals surface area contributed by atoms with Crippen molar-refractivity contribution >= 4 is 23.5 Å². The Hall–Kier alpha value is -2.88. The third-order valence-electron chi connectivity index (χ3n) is 4.81. The molecule has 136 valence electrons. The van der Waals surface area contributed by atoms with Crippen molar-refractivity contribution in [1.29, 1.82) is 5.26 Å². The summed E-state index contributed by atoms with van der Waals surface area (Å²) in [5, 5.41) is 8.63. The molecule has 3 rings (SSSR count). The van der Waals surface area contributed by atoms with Gasteiger partial charge in [-0.3, -0.25) is 14.5 Å². The fourth-order valence-corrected chi connectivity index (χ4v) is 3.81. The van der Waals surface area contributed by atoms with Crippen LogP contribution in [0.3, 0.4) is 0 Å². The van der Waals surface area contributed by atoms with Gasteiger partial charge in [-0.25, -0.2) is 4.79 Å². The molecule has 1 fully saturated rings. The largest absolute Gasteiger partial charge is 0.462 e. The van der Waals surface area contributed by atoms with E-state index < -0.39 is 11.6 Å². The normalized spacial score (nSPS) is 21.5. The van der Waals surface area contributed by atoms with Crippen LogP contribution >= 0.6 is 0 Å². The quantitative estimate of drug-likeness (QED) is 0.597. The maximum Gasteiger partial charge on any atom is 0.353 e. The molecule has 26 heavy (non-hydrogen) atoms. The fourth-order valence-electron chi connectivity index (χ4n) is 3.81. The van der Waals surface area contributed by atoms with Crippen LogP contribution in [-0.4, -0.2) is 41.0 Å². The molecule has 2 amide bonds. The molecule has 7 heteroatoms. The molecule has 2 heterocycles. The Morgan fingerprint density at radius 1 is 1.35 bits per heavy atom. The lowest BCUT2D eigenvalue weighted by Gasteiger charge is -2.50. The number of esters is 1. The van der Waals surface area contributed by atoms with Crippen LogP contribution in [0.4, 0.5) is 5.69 Å². The predicted octanol–water partition coefficient (Wildman–Crippen LogP) is 2.22. The van der Waals surface area contributed by atoms with Gasteiger partial charge in [0.25, 0.3) is 5.91 Å². The van der Waals surface area contributed by atoms with Crippen molar-refractivity contribution in [2.75, 3.05) is 11.5 Å². The lowest BCUT2D eigenvalue weighted by atomic mass is 9.95. The van der Waals surface area contributed by atoms with Crippen LogP contribution in [0.25, 0.3) is 0 Å².